The van der Waals surface area contributed by atoms with Crippen molar-refractivity contribution in [2.45, 2.75) is 0 Å². The minimum atomic E-state index is -1.15. The lowest BCUT2D eigenvalue weighted by Gasteiger charge is -2.01. The van der Waals surface area contributed by atoms with Crippen molar-refractivity contribution in [3.8, 4) is 5.75 Å². The highest BCUT2D eigenvalue weighted by molar-refractivity contribution is 5.91. The Hall–Kier alpha value is -2.97. The Labute approximate surface area is 97.2 Å². The minimum absolute atomic E-state index is 0.0224. The molecule has 0 saturated carbocycles. The van der Waals surface area contributed by atoms with E-state index < -0.39 is 38.2 Å². The first-order valence-corrected chi connectivity index (χ1v) is 4.50. The molecule has 0 bridgehead atoms. The number of nitro groups is 2. The van der Waals surface area contributed by atoms with Crippen molar-refractivity contribution in [2.75, 3.05) is 0 Å². The largest absolute Gasteiger partial charge is 0.497 e. The summed E-state index contributed by atoms with van der Waals surface area (Å²) in [4.78, 5) is 30.4. The number of benzene rings is 1. The third-order valence-electron chi connectivity index (χ3n) is 2.22. The molecular formula is C9H4N2O7. The van der Waals surface area contributed by atoms with Gasteiger partial charge in [0.15, 0.2) is 0 Å². The molecule has 0 amide bonds. The zero-order valence-electron chi connectivity index (χ0n) is 8.52. The van der Waals surface area contributed by atoms with Gasteiger partial charge in [-0.25, -0.2) is 4.79 Å². The van der Waals surface area contributed by atoms with E-state index in [0.29, 0.717) is 0 Å². The molecule has 0 aliphatic heterocycles. The molecule has 1 aromatic carbocycles. The number of fused-ring (bicyclic) bond motifs is 1. The van der Waals surface area contributed by atoms with E-state index >= 15 is 0 Å². The van der Waals surface area contributed by atoms with Gasteiger partial charge in [-0.05, 0) is 6.07 Å². The molecular weight excluding hydrogens is 248 g/mol. The maximum Gasteiger partial charge on any atom is 0.360 e. The molecule has 0 spiro atoms. The van der Waals surface area contributed by atoms with E-state index in [-0.39, 0.29) is 5.39 Å². The van der Waals surface area contributed by atoms with Gasteiger partial charge in [-0.15, -0.1) is 0 Å². The van der Waals surface area contributed by atoms with Crippen molar-refractivity contribution in [1.82, 2.24) is 0 Å². The summed E-state index contributed by atoms with van der Waals surface area (Å²) >= 11 is 0. The fraction of sp³-hybridized carbons (Fsp3) is 0. The summed E-state index contributed by atoms with van der Waals surface area (Å²) < 4.78 is 4.59. The normalized spacial score (nSPS) is 10.4. The fourth-order valence-electron chi connectivity index (χ4n) is 1.48. The molecule has 0 fully saturated rings. The van der Waals surface area contributed by atoms with Crippen molar-refractivity contribution in [3.63, 3.8) is 0 Å². The van der Waals surface area contributed by atoms with Gasteiger partial charge in [0.1, 0.15) is 0 Å². The lowest BCUT2D eigenvalue weighted by Crippen LogP contribution is -2.00. The average molecular weight is 252 g/mol. The van der Waals surface area contributed by atoms with Crippen LogP contribution in [0, 0.1) is 20.2 Å². The zero-order chi connectivity index (χ0) is 13.4. The van der Waals surface area contributed by atoms with Crippen LogP contribution in [-0.4, -0.2) is 15.0 Å². The standard InChI is InChI=1S/C9H4N2O7/c12-6-2-1-4-3-5(10(14)15)8(13)7(11(16)17)9(4)18-6/h1-3,13H. The van der Waals surface area contributed by atoms with E-state index in [9.17, 15) is 30.1 Å². The van der Waals surface area contributed by atoms with Gasteiger partial charge in [-0.3, -0.25) is 20.2 Å². The van der Waals surface area contributed by atoms with Gasteiger partial charge in [-0.1, -0.05) is 0 Å². The van der Waals surface area contributed by atoms with Crippen LogP contribution in [0.4, 0.5) is 11.4 Å². The second kappa shape index (κ2) is 3.80. The first-order valence-electron chi connectivity index (χ1n) is 4.50. The van der Waals surface area contributed by atoms with Gasteiger partial charge in [0, 0.05) is 17.5 Å². The molecule has 2 aromatic rings. The quantitative estimate of drug-likeness (QED) is 0.483. The first kappa shape index (κ1) is 11.5. The third-order valence-corrected chi connectivity index (χ3v) is 2.22. The van der Waals surface area contributed by atoms with E-state index in [4.69, 9.17) is 0 Å². The molecule has 9 heteroatoms. The second-order valence-electron chi connectivity index (χ2n) is 3.28. The SMILES string of the molecule is O=c1ccc2cc([N+](=O)[O-])c(O)c([N+](=O)[O-])c2o1. The van der Waals surface area contributed by atoms with Crippen LogP contribution in [0.1, 0.15) is 0 Å². The van der Waals surface area contributed by atoms with Crippen LogP contribution in [0.25, 0.3) is 11.0 Å². The molecule has 0 saturated heterocycles. The van der Waals surface area contributed by atoms with Crippen molar-refractivity contribution in [3.05, 3.63) is 48.8 Å². The average Bonchev–Trinajstić information content (AvgIpc) is 2.26. The smallest absolute Gasteiger partial charge is 0.360 e. The summed E-state index contributed by atoms with van der Waals surface area (Å²) in [6, 6.07) is 2.99. The van der Waals surface area contributed by atoms with Gasteiger partial charge < -0.3 is 9.52 Å². The van der Waals surface area contributed by atoms with Gasteiger partial charge in [0.05, 0.1) is 9.85 Å². The summed E-state index contributed by atoms with van der Waals surface area (Å²) in [5.74, 6) is -1.15. The number of phenols is 1. The summed E-state index contributed by atoms with van der Waals surface area (Å²) in [5, 5.41) is 30.9. The summed E-state index contributed by atoms with van der Waals surface area (Å²) in [6.45, 7) is 0. The highest BCUT2D eigenvalue weighted by Gasteiger charge is 2.30. The van der Waals surface area contributed by atoms with E-state index in [2.05, 4.69) is 4.42 Å². The summed E-state index contributed by atoms with van der Waals surface area (Å²) in [6.07, 6.45) is 0. The monoisotopic (exact) mass is 252 g/mol. The molecule has 0 unspecified atom stereocenters. The minimum Gasteiger partial charge on any atom is -0.497 e. The summed E-state index contributed by atoms with van der Waals surface area (Å²) in [5.41, 5.74) is -3.20. The Morgan fingerprint density at radius 2 is 1.83 bits per heavy atom. The maximum atomic E-state index is 11.0. The van der Waals surface area contributed by atoms with Gasteiger partial charge in [0.25, 0.3) is 5.75 Å². The molecule has 0 aliphatic rings. The van der Waals surface area contributed by atoms with Crippen molar-refractivity contribution in [2.24, 2.45) is 0 Å². The predicted octanol–water partition coefficient (Wildman–Crippen LogP) is 1.31. The van der Waals surface area contributed by atoms with Gasteiger partial charge in [-0.2, -0.15) is 0 Å². The molecule has 0 atom stereocenters. The number of aromatic hydroxyl groups is 1. The van der Waals surface area contributed by atoms with E-state index in [1.807, 2.05) is 0 Å². The van der Waals surface area contributed by atoms with E-state index in [1.165, 1.54) is 0 Å². The number of nitrogens with zero attached hydrogens (tertiary/aromatic N) is 2. The lowest BCUT2D eigenvalue weighted by atomic mass is 10.1. The number of hydrogen-bond acceptors (Lipinski definition) is 7. The van der Waals surface area contributed by atoms with Crippen molar-refractivity contribution >= 4 is 22.3 Å². The van der Waals surface area contributed by atoms with E-state index in [0.717, 1.165) is 18.2 Å². The molecule has 2 rings (SSSR count). The van der Waals surface area contributed by atoms with Crippen LogP contribution < -0.4 is 5.63 Å². The topological polar surface area (TPSA) is 137 Å². The molecule has 1 aromatic heterocycles. The van der Waals surface area contributed by atoms with Crippen LogP contribution in [0.5, 0.6) is 5.75 Å². The molecule has 92 valence electrons. The van der Waals surface area contributed by atoms with Crippen LogP contribution in [0.15, 0.2) is 27.4 Å². The van der Waals surface area contributed by atoms with Crippen LogP contribution >= 0.6 is 0 Å². The molecule has 18 heavy (non-hydrogen) atoms. The Bertz CT molecular complexity index is 734. The van der Waals surface area contributed by atoms with Crippen LogP contribution in [0.2, 0.25) is 0 Å². The number of rotatable bonds is 2. The fourth-order valence-corrected chi connectivity index (χ4v) is 1.48. The second-order valence-corrected chi connectivity index (χ2v) is 3.28. The van der Waals surface area contributed by atoms with Gasteiger partial charge >= 0.3 is 17.0 Å². The Morgan fingerprint density at radius 1 is 1.17 bits per heavy atom. The molecule has 0 radical (unpaired) electrons. The lowest BCUT2D eigenvalue weighted by molar-refractivity contribution is -0.395. The first-order chi connectivity index (χ1) is 8.41. The van der Waals surface area contributed by atoms with Crippen LogP contribution in [-0.2, 0) is 0 Å². The number of hydrogen-bond donors (Lipinski definition) is 1. The van der Waals surface area contributed by atoms with Gasteiger partial charge in [0.2, 0.25) is 5.58 Å². The third kappa shape index (κ3) is 1.63. The Kier molecular flexibility index (Phi) is 2.43. The Balaban J connectivity index is 3.02. The zero-order valence-corrected chi connectivity index (χ0v) is 8.52. The highest BCUT2D eigenvalue weighted by atomic mass is 16.6. The number of nitro benzene ring substituents is 2. The van der Waals surface area contributed by atoms with Crippen molar-refractivity contribution < 1.29 is 19.4 Å². The molecule has 9 nitrogen and oxygen atoms in total. The highest BCUT2D eigenvalue weighted by Crippen LogP contribution is 2.41. The predicted molar refractivity (Wildman–Crippen MR) is 57.5 cm³/mol. The molecule has 1 N–H and O–H groups in total. The number of phenolic OH excluding ortho intramolecular Hbond substituents is 1. The Morgan fingerprint density at radius 3 is 2.39 bits per heavy atom. The van der Waals surface area contributed by atoms with E-state index in [1.54, 1.807) is 0 Å². The molecule has 0 aliphatic carbocycles. The summed E-state index contributed by atoms with van der Waals surface area (Å²) in [7, 11) is 0. The van der Waals surface area contributed by atoms with Crippen molar-refractivity contribution in [1.29, 1.82) is 0 Å². The van der Waals surface area contributed by atoms with Crippen LogP contribution in [0.3, 0.4) is 0 Å². The molecule has 1 heterocycles. The maximum absolute atomic E-state index is 11.0.